The summed E-state index contributed by atoms with van der Waals surface area (Å²) in [5, 5.41) is 6.85. The number of nitrogens with zero attached hydrogens (tertiary/aromatic N) is 3. The van der Waals surface area contributed by atoms with Gasteiger partial charge in [0.15, 0.2) is 5.96 Å². The van der Waals surface area contributed by atoms with Crippen LogP contribution < -0.4 is 10.6 Å². The number of likely N-dealkylation sites (N-methyl/N-ethyl adjacent to an activating group) is 1. The van der Waals surface area contributed by atoms with Crippen LogP contribution in [0.5, 0.6) is 0 Å². The molecular formula is C17H35N5O. The Balaban J connectivity index is 1.74. The van der Waals surface area contributed by atoms with Crippen molar-refractivity contribution in [1.29, 1.82) is 0 Å². The number of hydrogen-bond acceptors (Lipinski definition) is 4. The van der Waals surface area contributed by atoms with Gasteiger partial charge in [-0.1, -0.05) is 13.3 Å². The smallest absolute Gasteiger partial charge is 0.191 e. The molecule has 0 radical (unpaired) electrons. The summed E-state index contributed by atoms with van der Waals surface area (Å²) in [5.41, 5.74) is 0. The third-order valence-electron chi connectivity index (χ3n) is 4.78. The van der Waals surface area contributed by atoms with Gasteiger partial charge in [0.2, 0.25) is 0 Å². The van der Waals surface area contributed by atoms with Crippen molar-refractivity contribution in [3.05, 3.63) is 0 Å². The molecule has 0 spiro atoms. The average Bonchev–Trinajstić information content (AvgIpc) is 2.61. The number of hydrogen-bond donors (Lipinski definition) is 2. The van der Waals surface area contributed by atoms with Crippen molar-refractivity contribution in [1.82, 2.24) is 20.4 Å². The van der Waals surface area contributed by atoms with Gasteiger partial charge in [-0.3, -0.25) is 14.8 Å². The van der Waals surface area contributed by atoms with Gasteiger partial charge in [0.05, 0.1) is 19.8 Å². The number of rotatable bonds is 7. The van der Waals surface area contributed by atoms with E-state index in [2.05, 4.69) is 34.3 Å². The molecule has 0 aliphatic carbocycles. The van der Waals surface area contributed by atoms with E-state index in [1.807, 2.05) is 0 Å². The van der Waals surface area contributed by atoms with Gasteiger partial charge < -0.3 is 15.4 Å². The summed E-state index contributed by atoms with van der Waals surface area (Å²) >= 11 is 0. The van der Waals surface area contributed by atoms with Crippen LogP contribution >= 0.6 is 0 Å². The molecule has 0 amide bonds. The first kappa shape index (κ1) is 18.5. The lowest BCUT2D eigenvalue weighted by atomic mass is 10.0. The van der Waals surface area contributed by atoms with Gasteiger partial charge in [-0.25, -0.2) is 0 Å². The number of ether oxygens (including phenoxy) is 1. The Morgan fingerprint density at radius 2 is 1.96 bits per heavy atom. The van der Waals surface area contributed by atoms with Crippen LogP contribution in [-0.4, -0.2) is 87.4 Å². The van der Waals surface area contributed by atoms with Crippen LogP contribution in [0.2, 0.25) is 0 Å². The number of morpholine rings is 1. The first-order chi connectivity index (χ1) is 11.3. The molecule has 0 aromatic carbocycles. The van der Waals surface area contributed by atoms with Crippen molar-refractivity contribution >= 4 is 5.96 Å². The summed E-state index contributed by atoms with van der Waals surface area (Å²) in [7, 11) is 0. The molecule has 6 nitrogen and oxygen atoms in total. The van der Waals surface area contributed by atoms with Crippen molar-refractivity contribution in [3.63, 3.8) is 0 Å². The maximum absolute atomic E-state index is 5.39. The molecular weight excluding hydrogens is 290 g/mol. The van der Waals surface area contributed by atoms with E-state index in [0.29, 0.717) is 6.04 Å². The second kappa shape index (κ2) is 10.8. The van der Waals surface area contributed by atoms with Crippen LogP contribution in [0.15, 0.2) is 4.99 Å². The second-order valence-electron chi connectivity index (χ2n) is 6.38. The molecule has 2 fully saturated rings. The summed E-state index contributed by atoms with van der Waals surface area (Å²) < 4.78 is 5.39. The number of piperidine rings is 1. The van der Waals surface area contributed by atoms with E-state index in [-0.39, 0.29) is 0 Å². The normalized spacial score (nSPS) is 24.6. The van der Waals surface area contributed by atoms with Gasteiger partial charge in [-0.15, -0.1) is 0 Å². The maximum Gasteiger partial charge on any atom is 0.191 e. The molecule has 1 atom stereocenters. The van der Waals surface area contributed by atoms with E-state index in [0.717, 1.165) is 65.0 Å². The lowest BCUT2D eigenvalue weighted by molar-refractivity contribution is 0.0389. The molecule has 2 heterocycles. The Labute approximate surface area is 141 Å². The van der Waals surface area contributed by atoms with Crippen molar-refractivity contribution in [3.8, 4) is 0 Å². The molecule has 1 unspecified atom stereocenters. The lowest BCUT2D eigenvalue weighted by Gasteiger charge is -2.34. The molecule has 0 bridgehead atoms. The maximum atomic E-state index is 5.39. The summed E-state index contributed by atoms with van der Waals surface area (Å²) in [6.45, 7) is 14.4. The Bertz CT molecular complexity index is 344. The fraction of sp³-hybridized carbons (Fsp3) is 0.941. The quantitative estimate of drug-likeness (QED) is 0.534. The molecule has 23 heavy (non-hydrogen) atoms. The Morgan fingerprint density at radius 3 is 2.70 bits per heavy atom. The molecule has 2 aliphatic heterocycles. The fourth-order valence-corrected chi connectivity index (χ4v) is 3.38. The monoisotopic (exact) mass is 325 g/mol. The molecule has 0 saturated carbocycles. The van der Waals surface area contributed by atoms with Gasteiger partial charge in [0, 0.05) is 38.8 Å². The molecule has 2 saturated heterocycles. The minimum absolute atomic E-state index is 0.614. The van der Waals surface area contributed by atoms with Crippen LogP contribution in [0.25, 0.3) is 0 Å². The number of likely N-dealkylation sites (tertiary alicyclic amines) is 1. The largest absolute Gasteiger partial charge is 0.379 e. The average molecular weight is 326 g/mol. The highest BCUT2D eigenvalue weighted by Gasteiger charge is 2.20. The lowest BCUT2D eigenvalue weighted by Crippen LogP contribution is -2.45. The highest BCUT2D eigenvalue weighted by Crippen LogP contribution is 2.16. The summed E-state index contributed by atoms with van der Waals surface area (Å²) in [4.78, 5) is 9.85. The van der Waals surface area contributed by atoms with Crippen molar-refractivity contribution in [2.24, 2.45) is 4.99 Å². The number of aliphatic imine (C=N–C) groups is 1. The Kier molecular flexibility index (Phi) is 8.71. The number of guanidine groups is 1. The van der Waals surface area contributed by atoms with Gasteiger partial charge in [0.1, 0.15) is 0 Å². The zero-order chi connectivity index (χ0) is 16.3. The minimum Gasteiger partial charge on any atom is -0.379 e. The fourth-order valence-electron chi connectivity index (χ4n) is 3.38. The van der Waals surface area contributed by atoms with Crippen molar-refractivity contribution in [2.45, 2.75) is 39.2 Å². The zero-order valence-electron chi connectivity index (χ0n) is 15.0. The zero-order valence-corrected chi connectivity index (χ0v) is 15.0. The van der Waals surface area contributed by atoms with Gasteiger partial charge in [0.25, 0.3) is 0 Å². The predicted molar refractivity (Wildman–Crippen MR) is 96.1 cm³/mol. The van der Waals surface area contributed by atoms with Crippen LogP contribution in [0.3, 0.4) is 0 Å². The Morgan fingerprint density at radius 1 is 1.13 bits per heavy atom. The first-order valence-corrected chi connectivity index (χ1v) is 9.39. The van der Waals surface area contributed by atoms with Crippen molar-refractivity contribution in [2.75, 3.05) is 65.6 Å². The molecule has 2 aliphatic rings. The van der Waals surface area contributed by atoms with Crippen LogP contribution in [0, 0.1) is 0 Å². The van der Waals surface area contributed by atoms with E-state index in [9.17, 15) is 0 Å². The van der Waals surface area contributed by atoms with Gasteiger partial charge >= 0.3 is 0 Å². The first-order valence-electron chi connectivity index (χ1n) is 9.39. The third-order valence-corrected chi connectivity index (χ3v) is 4.78. The van der Waals surface area contributed by atoms with E-state index >= 15 is 0 Å². The summed E-state index contributed by atoms with van der Waals surface area (Å²) in [6.07, 6.45) is 3.97. The van der Waals surface area contributed by atoms with Crippen LogP contribution in [0.4, 0.5) is 0 Å². The number of nitrogens with one attached hydrogen (secondary N) is 2. The minimum atomic E-state index is 0.614. The second-order valence-corrected chi connectivity index (χ2v) is 6.38. The van der Waals surface area contributed by atoms with Crippen molar-refractivity contribution < 1.29 is 4.74 Å². The van der Waals surface area contributed by atoms with E-state index in [4.69, 9.17) is 9.73 Å². The molecule has 6 heteroatoms. The molecule has 2 N–H and O–H groups in total. The summed E-state index contributed by atoms with van der Waals surface area (Å²) in [6, 6.07) is 0.614. The SMILES string of the molecule is CCNC(=NCC1CCCCN1CC)NCCN1CCOCC1. The Hall–Kier alpha value is -0.850. The highest BCUT2D eigenvalue weighted by atomic mass is 16.5. The van der Waals surface area contributed by atoms with E-state index in [1.165, 1.54) is 25.8 Å². The van der Waals surface area contributed by atoms with Gasteiger partial charge in [-0.05, 0) is 32.9 Å². The predicted octanol–water partition coefficient (Wildman–Crippen LogP) is 0.748. The van der Waals surface area contributed by atoms with Gasteiger partial charge in [-0.2, -0.15) is 0 Å². The summed E-state index contributed by atoms with van der Waals surface area (Å²) in [5.74, 6) is 0.961. The van der Waals surface area contributed by atoms with Crippen LogP contribution in [-0.2, 0) is 4.74 Å². The third kappa shape index (κ3) is 6.65. The van der Waals surface area contributed by atoms with Crippen LogP contribution in [0.1, 0.15) is 33.1 Å². The molecule has 134 valence electrons. The van der Waals surface area contributed by atoms with E-state index in [1.54, 1.807) is 0 Å². The topological polar surface area (TPSA) is 52.1 Å². The highest BCUT2D eigenvalue weighted by molar-refractivity contribution is 5.79. The molecule has 0 aromatic heterocycles. The molecule has 2 rings (SSSR count). The standard InChI is InChI=1S/C17H35N5O/c1-3-18-17(19-8-10-21-11-13-23-14-12-21)20-15-16-7-5-6-9-22(16)4-2/h16H,3-15H2,1-2H3,(H2,18,19,20). The van der Waals surface area contributed by atoms with E-state index < -0.39 is 0 Å². The molecule has 0 aromatic rings.